The van der Waals surface area contributed by atoms with Crippen LogP contribution in [0.25, 0.3) is 0 Å². The molecular weight excluding hydrogens is 420 g/mol. The molecule has 0 saturated carbocycles. The highest BCUT2D eigenvalue weighted by Gasteiger charge is 2.33. The van der Waals surface area contributed by atoms with Gasteiger partial charge in [0.15, 0.2) is 5.13 Å². The third kappa shape index (κ3) is 4.85. The molecule has 2 N–H and O–H groups in total. The van der Waals surface area contributed by atoms with E-state index in [4.69, 9.17) is 0 Å². The summed E-state index contributed by atoms with van der Waals surface area (Å²) in [6.45, 7) is 4.35. The van der Waals surface area contributed by atoms with Gasteiger partial charge in [0.2, 0.25) is 5.91 Å². The Morgan fingerprint density at radius 2 is 1.97 bits per heavy atom. The molecule has 1 aromatic heterocycles. The second-order valence-electron chi connectivity index (χ2n) is 9.55. The number of amides is 1. The molecule has 0 radical (unpaired) electrons. The summed E-state index contributed by atoms with van der Waals surface area (Å²) in [4.78, 5) is 22.2. The van der Waals surface area contributed by atoms with Gasteiger partial charge in [-0.1, -0.05) is 18.2 Å². The maximum Gasteiger partial charge on any atom is 0.225 e. The molecule has 0 spiro atoms. The monoisotopic (exact) mass is 454 g/mol. The molecular formula is C25H34N4O2S. The first-order valence-electron chi connectivity index (χ1n) is 12.1. The predicted octanol–water partition coefficient (Wildman–Crippen LogP) is 3.16. The number of aromatic nitrogens is 1. The predicted molar refractivity (Wildman–Crippen MR) is 128 cm³/mol. The highest BCUT2D eigenvalue weighted by atomic mass is 32.1. The smallest absolute Gasteiger partial charge is 0.225 e. The van der Waals surface area contributed by atoms with Gasteiger partial charge in [-0.05, 0) is 74.7 Å². The van der Waals surface area contributed by atoms with Crippen molar-refractivity contribution < 1.29 is 9.90 Å². The number of thiazole rings is 1. The molecule has 6 nitrogen and oxygen atoms in total. The summed E-state index contributed by atoms with van der Waals surface area (Å²) in [5.41, 5.74) is 3.72. The van der Waals surface area contributed by atoms with Crippen LogP contribution in [-0.2, 0) is 17.6 Å². The van der Waals surface area contributed by atoms with Crippen molar-refractivity contribution >= 4 is 22.4 Å². The summed E-state index contributed by atoms with van der Waals surface area (Å²) in [6, 6.07) is 6.14. The number of carbonyl (C=O) groups excluding carboxylic acids is 1. The molecule has 1 aliphatic carbocycles. The Hall–Kier alpha value is -1.96. The SMILES string of the molecule is O=C(N[C@H](CN1CCCC1)[C@H](O)c1ccc2c(c1)CCCC2)C1CCN(c2nccs2)C1. The highest BCUT2D eigenvalue weighted by molar-refractivity contribution is 7.13. The molecule has 172 valence electrons. The number of fused-ring (bicyclic) bond motifs is 1. The largest absolute Gasteiger partial charge is 0.386 e. The Morgan fingerprint density at radius 3 is 2.75 bits per heavy atom. The number of carbonyl (C=O) groups is 1. The molecule has 0 bridgehead atoms. The van der Waals surface area contributed by atoms with E-state index in [-0.39, 0.29) is 17.9 Å². The summed E-state index contributed by atoms with van der Waals surface area (Å²) in [5, 5.41) is 17.6. The van der Waals surface area contributed by atoms with E-state index in [9.17, 15) is 9.90 Å². The van der Waals surface area contributed by atoms with E-state index in [1.807, 2.05) is 11.6 Å². The van der Waals surface area contributed by atoms with Gasteiger partial charge < -0.3 is 20.2 Å². The fourth-order valence-corrected chi connectivity index (χ4v) is 6.14. The fraction of sp³-hybridized carbons (Fsp3) is 0.600. The van der Waals surface area contributed by atoms with Crippen molar-refractivity contribution in [3.63, 3.8) is 0 Å². The van der Waals surface area contributed by atoms with Crippen LogP contribution >= 0.6 is 11.3 Å². The Balaban J connectivity index is 1.29. The van der Waals surface area contributed by atoms with Crippen LogP contribution in [0.2, 0.25) is 0 Å². The van der Waals surface area contributed by atoms with Crippen LogP contribution in [0.15, 0.2) is 29.8 Å². The number of anilines is 1. The van der Waals surface area contributed by atoms with Gasteiger partial charge in [-0.15, -0.1) is 11.3 Å². The number of benzene rings is 1. The van der Waals surface area contributed by atoms with Crippen molar-refractivity contribution in [1.29, 1.82) is 0 Å². The molecule has 5 rings (SSSR count). The van der Waals surface area contributed by atoms with Gasteiger partial charge in [-0.25, -0.2) is 4.98 Å². The topological polar surface area (TPSA) is 68.7 Å². The number of aryl methyl sites for hydroxylation is 2. The van der Waals surface area contributed by atoms with E-state index in [2.05, 4.69) is 38.3 Å². The van der Waals surface area contributed by atoms with Crippen molar-refractivity contribution in [2.24, 2.45) is 5.92 Å². The second-order valence-corrected chi connectivity index (χ2v) is 10.4. The minimum absolute atomic E-state index is 0.0595. The van der Waals surface area contributed by atoms with Crippen LogP contribution < -0.4 is 10.2 Å². The Morgan fingerprint density at radius 1 is 1.16 bits per heavy atom. The quantitative estimate of drug-likeness (QED) is 0.673. The van der Waals surface area contributed by atoms with E-state index in [1.54, 1.807) is 11.3 Å². The number of hydrogen-bond acceptors (Lipinski definition) is 6. The second kappa shape index (κ2) is 9.89. The van der Waals surface area contributed by atoms with Gasteiger partial charge in [-0.3, -0.25) is 4.79 Å². The van der Waals surface area contributed by atoms with Gasteiger partial charge in [0.25, 0.3) is 0 Å². The number of aliphatic hydroxyl groups is 1. The third-order valence-electron chi connectivity index (χ3n) is 7.33. The lowest BCUT2D eigenvalue weighted by Gasteiger charge is -2.30. The van der Waals surface area contributed by atoms with Gasteiger partial charge >= 0.3 is 0 Å². The molecule has 2 fully saturated rings. The van der Waals surface area contributed by atoms with E-state index in [1.165, 1.54) is 36.8 Å². The van der Waals surface area contributed by atoms with E-state index in [0.29, 0.717) is 13.1 Å². The zero-order chi connectivity index (χ0) is 21.9. The number of aliphatic hydroxyl groups excluding tert-OH is 1. The molecule has 1 unspecified atom stereocenters. The summed E-state index contributed by atoms with van der Waals surface area (Å²) in [6.07, 6.45) is 9.04. The minimum Gasteiger partial charge on any atom is -0.386 e. The first kappa shape index (κ1) is 21.9. The van der Waals surface area contributed by atoms with Crippen molar-refractivity contribution in [2.45, 2.75) is 57.1 Å². The van der Waals surface area contributed by atoms with Crippen LogP contribution in [0.3, 0.4) is 0 Å². The maximum absolute atomic E-state index is 13.2. The first-order chi connectivity index (χ1) is 15.7. The normalized spacial score (nSPS) is 23.2. The van der Waals surface area contributed by atoms with E-state index < -0.39 is 6.10 Å². The molecule has 1 aromatic carbocycles. The molecule has 32 heavy (non-hydrogen) atoms. The van der Waals surface area contributed by atoms with Gasteiger partial charge in [0, 0.05) is 31.2 Å². The van der Waals surface area contributed by atoms with Crippen molar-refractivity contribution in [3.8, 4) is 0 Å². The lowest BCUT2D eigenvalue weighted by Crippen LogP contribution is -2.48. The third-order valence-corrected chi connectivity index (χ3v) is 8.16. The lowest BCUT2D eigenvalue weighted by molar-refractivity contribution is -0.126. The zero-order valence-electron chi connectivity index (χ0n) is 18.7. The van der Waals surface area contributed by atoms with E-state index in [0.717, 1.165) is 49.6 Å². The maximum atomic E-state index is 13.2. The number of hydrogen-bond donors (Lipinski definition) is 2. The van der Waals surface area contributed by atoms with Gasteiger partial charge in [0.05, 0.1) is 12.0 Å². The number of nitrogens with one attached hydrogen (secondary N) is 1. The molecule has 1 amide bonds. The Kier molecular flexibility index (Phi) is 6.76. The van der Waals surface area contributed by atoms with Crippen LogP contribution in [0.1, 0.15) is 54.9 Å². The van der Waals surface area contributed by atoms with Crippen molar-refractivity contribution in [1.82, 2.24) is 15.2 Å². The Labute approximate surface area is 194 Å². The summed E-state index contributed by atoms with van der Waals surface area (Å²) in [5.74, 6) is 0.000902. The van der Waals surface area contributed by atoms with E-state index >= 15 is 0 Å². The number of likely N-dealkylation sites (tertiary alicyclic amines) is 1. The van der Waals surface area contributed by atoms with Gasteiger partial charge in [0.1, 0.15) is 6.10 Å². The molecule has 2 saturated heterocycles. The molecule has 3 aliphatic rings. The van der Waals surface area contributed by atoms with Crippen LogP contribution in [-0.4, -0.2) is 59.7 Å². The summed E-state index contributed by atoms with van der Waals surface area (Å²) < 4.78 is 0. The molecule has 3 heterocycles. The summed E-state index contributed by atoms with van der Waals surface area (Å²) in [7, 11) is 0. The number of rotatable bonds is 7. The molecule has 3 atom stereocenters. The van der Waals surface area contributed by atoms with Crippen molar-refractivity contribution in [2.75, 3.05) is 37.6 Å². The average molecular weight is 455 g/mol. The Bertz CT molecular complexity index is 913. The standard InChI is InChI=1S/C25H34N4O2S/c30-23(20-8-7-18-5-1-2-6-19(18)15-20)22(17-28-11-3-4-12-28)27-24(31)21-9-13-29(16-21)25-26-10-14-32-25/h7-8,10,14-15,21-23,30H,1-6,9,11-13,16-17H2,(H,27,31)/t21?,22-,23-/m1/s1. The van der Waals surface area contributed by atoms with Gasteiger partial charge in [-0.2, -0.15) is 0 Å². The lowest BCUT2D eigenvalue weighted by atomic mass is 9.88. The molecule has 2 aliphatic heterocycles. The van der Waals surface area contributed by atoms with Crippen LogP contribution in [0.5, 0.6) is 0 Å². The highest BCUT2D eigenvalue weighted by Crippen LogP contribution is 2.28. The first-order valence-corrected chi connectivity index (χ1v) is 13.0. The van der Waals surface area contributed by atoms with Crippen molar-refractivity contribution in [3.05, 3.63) is 46.5 Å². The molecule has 2 aromatic rings. The minimum atomic E-state index is -0.691. The number of nitrogens with zero attached hydrogens (tertiary/aromatic N) is 3. The summed E-state index contributed by atoms with van der Waals surface area (Å²) >= 11 is 1.62. The zero-order valence-corrected chi connectivity index (χ0v) is 19.5. The fourth-order valence-electron chi connectivity index (χ4n) is 5.46. The molecule has 7 heteroatoms. The van der Waals surface area contributed by atoms with Crippen LogP contribution in [0, 0.1) is 5.92 Å². The average Bonchev–Trinajstić information content (AvgIpc) is 3.60. The van der Waals surface area contributed by atoms with Crippen LogP contribution in [0.4, 0.5) is 5.13 Å².